The quantitative estimate of drug-likeness (QED) is 0.821. The molecule has 1 aromatic carbocycles. The van der Waals surface area contributed by atoms with Crippen molar-refractivity contribution >= 4 is 0 Å². The highest BCUT2D eigenvalue weighted by atomic mass is 16.3. The van der Waals surface area contributed by atoms with Crippen LogP contribution in [-0.2, 0) is 0 Å². The molecule has 2 atom stereocenters. The number of nitrogens with zero attached hydrogens (tertiary/aromatic N) is 1. The fraction of sp³-hybridized carbons (Fsp3) is 0.571. The van der Waals surface area contributed by atoms with E-state index in [1.165, 1.54) is 5.56 Å². The summed E-state index contributed by atoms with van der Waals surface area (Å²) in [5.41, 5.74) is 1.26. The van der Waals surface area contributed by atoms with E-state index in [4.69, 9.17) is 0 Å². The Morgan fingerprint density at radius 1 is 1.12 bits per heavy atom. The van der Waals surface area contributed by atoms with Gasteiger partial charge in [0.15, 0.2) is 0 Å². The number of benzene rings is 1. The van der Waals surface area contributed by atoms with Crippen LogP contribution in [-0.4, -0.2) is 22.6 Å². The maximum absolute atomic E-state index is 9.28. The van der Waals surface area contributed by atoms with Crippen LogP contribution in [0.15, 0.2) is 24.3 Å². The molecule has 1 N–H and O–H groups in total. The molecule has 0 aliphatic rings. The molecule has 0 heterocycles. The van der Waals surface area contributed by atoms with Gasteiger partial charge in [0, 0.05) is 12.1 Å². The van der Waals surface area contributed by atoms with Crippen molar-refractivity contribution in [3.8, 4) is 5.75 Å². The zero-order valence-corrected chi connectivity index (χ0v) is 10.8. The normalized spacial score (nSPS) is 15.1. The second-order valence-electron chi connectivity index (χ2n) is 4.36. The van der Waals surface area contributed by atoms with Gasteiger partial charge in [0.1, 0.15) is 5.75 Å². The van der Waals surface area contributed by atoms with Crippen molar-refractivity contribution in [2.45, 2.75) is 46.2 Å². The van der Waals surface area contributed by atoms with E-state index in [1.54, 1.807) is 12.1 Å². The summed E-state index contributed by atoms with van der Waals surface area (Å²) in [6, 6.07) is 8.53. The van der Waals surface area contributed by atoms with E-state index >= 15 is 0 Å². The number of phenols is 1. The van der Waals surface area contributed by atoms with E-state index in [0.29, 0.717) is 17.8 Å². The Hall–Kier alpha value is -1.02. The lowest BCUT2D eigenvalue weighted by Crippen LogP contribution is -2.34. The Kier molecular flexibility index (Phi) is 4.81. The number of phenolic OH excluding ortho intramolecular Hbond substituents is 1. The fourth-order valence-corrected chi connectivity index (χ4v) is 2.15. The molecule has 0 saturated carbocycles. The van der Waals surface area contributed by atoms with Gasteiger partial charge in [0.25, 0.3) is 0 Å². The second-order valence-corrected chi connectivity index (χ2v) is 4.36. The van der Waals surface area contributed by atoms with Crippen LogP contribution in [0.5, 0.6) is 5.75 Å². The SMILES string of the molecule is CCC(C)N(CC)C(C)c1ccc(O)cc1. The molecule has 0 radical (unpaired) electrons. The summed E-state index contributed by atoms with van der Waals surface area (Å²) in [5, 5.41) is 9.28. The largest absolute Gasteiger partial charge is 0.508 e. The van der Waals surface area contributed by atoms with Crippen LogP contribution in [0.3, 0.4) is 0 Å². The number of hydrogen-bond donors (Lipinski definition) is 1. The van der Waals surface area contributed by atoms with Gasteiger partial charge in [-0.2, -0.15) is 0 Å². The molecule has 2 nitrogen and oxygen atoms in total. The summed E-state index contributed by atoms with van der Waals surface area (Å²) >= 11 is 0. The molecule has 1 aromatic rings. The maximum Gasteiger partial charge on any atom is 0.115 e. The van der Waals surface area contributed by atoms with E-state index in [9.17, 15) is 5.11 Å². The van der Waals surface area contributed by atoms with Crippen molar-refractivity contribution < 1.29 is 5.11 Å². The van der Waals surface area contributed by atoms with Crippen LogP contribution >= 0.6 is 0 Å². The van der Waals surface area contributed by atoms with Crippen molar-refractivity contribution in [1.82, 2.24) is 4.90 Å². The van der Waals surface area contributed by atoms with E-state index in [0.717, 1.165) is 13.0 Å². The minimum atomic E-state index is 0.336. The van der Waals surface area contributed by atoms with Gasteiger partial charge in [-0.3, -0.25) is 4.90 Å². The minimum absolute atomic E-state index is 0.336. The van der Waals surface area contributed by atoms with Crippen LogP contribution in [0.2, 0.25) is 0 Å². The molecule has 0 fully saturated rings. The monoisotopic (exact) mass is 221 g/mol. The zero-order valence-electron chi connectivity index (χ0n) is 10.8. The predicted molar refractivity (Wildman–Crippen MR) is 68.7 cm³/mol. The summed E-state index contributed by atoms with van der Waals surface area (Å²) in [4.78, 5) is 2.48. The van der Waals surface area contributed by atoms with E-state index in [1.807, 2.05) is 12.1 Å². The molecular weight excluding hydrogens is 198 g/mol. The van der Waals surface area contributed by atoms with Gasteiger partial charge in [-0.05, 0) is 44.5 Å². The summed E-state index contributed by atoms with van der Waals surface area (Å²) in [6.07, 6.45) is 1.16. The lowest BCUT2D eigenvalue weighted by atomic mass is 10.0. The second kappa shape index (κ2) is 5.90. The van der Waals surface area contributed by atoms with Gasteiger partial charge >= 0.3 is 0 Å². The molecule has 2 unspecified atom stereocenters. The highest BCUT2D eigenvalue weighted by Gasteiger charge is 2.18. The van der Waals surface area contributed by atoms with Crippen molar-refractivity contribution in [2.24, 2.45) is 0 Å². The van der Waals surface area contributed by atoms with E-state index in [2.05, 4.69) is 32.6 Å². The Morgan fingerprint density at radius 3 is 2.12 bits per heavy atom. The molecule has 16 heavy (non-hydrogen) atoms. The van der Waals surface area contributed by atoms with E-state index in [-0.39, 0.29) is 0 Å². The Bertz CT molecular complexity index is 307. The Labute approximate surface area is 98.9 Å². The van der Waals surface area contributed by atoms with Crippen LogP contribution in [0, 0.1) is 0 Å². The molecule has 0 saturated heterocycles. The molecular formula is C14H23NO. The van der Waals surface area contributed by atoms with Gasteiger partial charge in [-0.25, -0.2) is 0 Å². The summed E-state index contributed by atoms with van der Waals surface area (Å²) in [7, 11) is 0. The molecule has 2 heteroatoms. The van der Waals surface area contributed by atoms with E-state index < -0.39 is 0 Å². The first-order valence-corrected chi connectivity index (χ1v) is 6.14. The molecule has 0 bridgehead atoms. The first-order valence-electron chi connectivity index (χ1n) is 6.14. The third kappa shape index (κ3) is 2.99. The molecule has 0 aromatic heterocycles. The molecule has 0 aliphatic carbocycles. The number of rotatable bonds is 5. The highest BCUT2D eigenvalue weighted by Crippen LogP contribution is 2.24. The van der Waals surface area contributed by atoms with Crippen molar-refractivity contribution in [2.75, 3.05) is 6.54 Å². The van der Waals surface area contributed by atoms with Crippen molar-refractivity contribution in [3.05, 3.63) is 29.8 Å². The third-order valence-corrected chi connectivity index (χ3v) is 3.40. The summed E-state index contributed by atoms with van der Waals surface area (Å²) < 4.78 is 0. The minimum Gasteiger partial charge on any atom is -0.508 e. The van der Waals surface area contributed by atoms with Gasteiger partial charge < -0.3 is 5.11 Å². The highest BCUT2D eigenvalue weighted by molar-refractivity contribution is 5.27. The third-order valence-electron chi connectivity index (χ3n) is 3.40. The average Bonchev–Trinajstić information content (AvgIpc) is 2.30. The lowest BCUT2D eigenvalue weighted by Gasteiger charge is -2.33. The topological polar surface area (TPSA) is 23.5 Å². The van der Waals surface area contributed by atoms with Crippen molar-refractivity contribution in [1.29, 1.82) is 0 Å². The van der Waals surface area contributed by atoms with Gasteiger partial charge in [0.2, 0.25) is 0 Å². The maximum atomic E-state index is 9.28. The van der Waals surface area contributed by atoms with Gasteiger partial charge in [0.05, 0.1) is 0 Å². The molecule has 0 amide bonds. The Morgan fingerprint density at radius 2 is 1.69 bits per heavy atom. The zero-order chi connectivity index (χ0) is 12.1. The average molecular weight is 221 g/mol. The smallest absolute Gasteiger partial charge is 0.115 e. The lowest BCUT2D eigenvalue weighted by molar-refractivity contribution is 0.159. The molecule has 90 valence electrons. The predicted octanol–water partition coefficient (Wildman–Crippen LogP) is 3.57. The van der Waals surface area contributed by atoms with Gasteiger partial charge in [-0.1, -0.05) is 26.0 Å². The Balaban J connectivity index is 2.82. The van der Waals surface area contributed by atoms with Crippen LogP contribution in [0.4, 0.5) is 0 Å². The van der Waals surface area contributed by atoms with Crippen LogP contribution < -0.4 is 0 Å². The summed E-state index contributed by atoms with van der Waals surface area (Å²) in [6.45, 7) is 9.96. The number of aromatic hydroxyl groups is 1. The summed E-state index contributed by atoms with van der Waals surface area (Å²) in [5.74, 6) is 0.336. The van der Waals surface area contributed by atoms with Gasteiger partial charge in [-0.15, -0.1) is 0 Å². The van der Waals surface area contributed by atoms with Crippen LogP contribution in [0.25, 0.3) is 0 Å². The molecule has 1 rings (SSSR count). The molecule has 0 spiro atoms. The standard InChI is InChI=1S/C14H23NO/c1-5-11(3)15(6-2)12(4)13-7-9-14(16)10-8-13/h7-12,16H,5-6H2,1-4H3. The fourth-order valence-electron chi connectivity index (χ4n) is 2.15. The van der Waals surface area contributed by atoms with Crippen molar-refractivity contribution in [3.63, 3.8) is 0 Å². The first kappa shape index (κ1) is 13.0. The molecule has 0 aliphatic heterocycles. The van der Waals surface area contributed by atoms with Crippen LogP contribution in [0.1, 0.15) is 45.7 Å². The first-order chi connectivity index (χ1) is 7.60. The number of hydrogen-bond acceptors (Lipinski definition) is 2.